The molecule has 0 unspecified atom stereocenters. The molecule has 0 N–H and O–H groups in total. The molecule has 0 radical (unpaired) electrons. The molecule has 2 aromatic rings. The summed E-state index contributed by atoms with van der Waals surface area (Å²) in [6.45, 7) is 0. The molecular weight excluding hydrogens is 240 g/mol. The predicted octanol–water partition coefficient (Wildman–Crippen LogP) is 1.72. The minimum atomic E-state index is -3.80. The van der Waals surface area contributed by atoms with Crippen LogP contribution in [-0.2, 0) is 9.05 Å². The van der Waals surface area contributed by atoms with Gasteiger partial charge in [0.25, 0.3) is 9.05 Å². The SMILES string of the molecule is O=c1ccc2ccc(S(=O)(=O)Cl)cc2o1. The fourth-order valence-corrected chi connectivity index (χ4v) is 1.96. The third-order valence-electron chi connectivity index (χ3n) is 1.88. The summed E-state index contributed by atoms with van der Waals surface area (Å²) in [7, 11) is 1.35. The van der Waals surface area contributed by atoms with Crippen LogP contribution in [0.2, 0.25) is 0 Å². The average molecular weight is 245 g/mol. The number of hydrogen-bond acceptors (Lipinski definition) is 4. The number of benzene rings is 1. The van der Waals surface area contributed by atoms with Gasteiger partial charge in [-0.3, -0.25) is 0 Å². The maximum atomic E-state index is 11.0. The van der Waals surface area contributed by atoms with E-state index in [1.165, 1.54) is 24.3 Å². The maximum absolute atomic E-state index is 11.0. The minimum absolute atomic E-state index is 0.0917. The lowest BCUT2D eigenvalue weighted by Gasteiger charge is -1.98. The van der Waals surface area contributed by atoms with Gasteiger partial charge in [0.05, 0.1) is 4.90 Å². The van der Waals surface area contributed by atoms with Crippen molar-refractivity contribution in [2.45, 2.75) is 4.90 Å². The van der Waals surface area contributed by atoms with E-state index in [1.54, 1.807) is 6.07 Å². The fourth-order valence-electron chi connectivity index (χ4n) is 1.19. The number of fused-ring (bicyclic) bond motifs is 1. The van der Waals surface area contributed by atoms with Crippen LogP contribution >= 0.6 is 10.7 Å². The normalized spacial score (nSPS) is 11.8. The topological polar surface area (TPSA) is 64.3 Å². The summed E-state index contributed by atoms with van der Waals surface area (Å²) < 4.78 is 26.8. The second-order valence-corrected chi connectivity index (χ2v) is 5.46. The molecule has 2 rings (SSSR count). The van der Waals surface area contributed by atoms with Gasteiger partial charge in [0.2, 0.25) is 0 Å². The Kier molecular flexibility index (Phi) is 2.28. The van der Waals surface area contributed by atoms with Gasteiger partial charge in [-0.1, -0.05) is 0 Å². The van der Waals surface area contributed by atoms with Crippen molar-refractivity contribution < 1.29 is 12.8 Å². The van der Waals surface area contributed by atoms with E-state index >= 15 is 0 Å². The highest BCUT2D eigenvalue weighted by molar-refractivity contribution is 8.13. The number of halogens is 1. The Balaban J connectivity index is 2.81. The number of rotatable bonds is 1. The van der Waals surface area contributed by atoms with Gasteiger partial charge in [0.1, 0.15) is 5.58 Å². The largest absolute Gasteiger partial charge is 0.423 e. The molecule has 0 saturated heterocycles. The molecule has 0 spiro atoms. The van der Waals surface area contributed by atoms with E-state index in [2.05, 4.69) is 0 Å². The quantitative estimate of drug-likeness (QED) is 0.566. The van der Waals surface area contributed by atoms with E-state index in [0.717, 1.165) is 0 Å². The number of hydrogen-bond donors (Lipinski definition) is 0. The average Bonchev–Trinajstić information content (AvgIpc) is 2.15. The van der Waals surface area contributed by atoms with Crippen molar-refractivity contribution >= 4 is 30.7 Å². The molecule has 78 valence electrons. The van der Waals surface area contributed by atoms with Crippen LogP contribution in [0, 0.1) is 0 Å². The Labute approximate surface area is 89.5 Å². The summed E-state index contributed by atoms with van der Waals surface area (Å²) in [5.41, 5.74) is -0.337. The third kappa shape index (κ3) is 2.03. The van der Waals surface area contributed by atoms with Crippen LogP contribution in [0.4, 0.5) is 0 Å². The Morgan fingerprint density at radius 3 is 2.47 bits per heavy atom. The van der Waals surface area contributed by atoms with Gasteiger partial charge in [0, 0.05) is 28.2 Å². The highest BCUT2D eigenvalue weighted by Gasteiger charge is 2.10. The van der Waals surface area contributed by atoms with E-state index < -0.39 is 14.7 Å². The first kappa shape index (κ1) is 10.2. The molecule has 0 bridgehead atoms. The summed E-state index contributed by atoms with van der Waals surface area (Å²) >= 11 is 0. The van der Waals surface area contributed by atoms with Crippen LogP contribution in [-0.4, -0.2) is 8.42 Å². The summed E-state index contributed by atoms with van der Waals surface area (Å²) in [6.07, 6.45) is 0. The second kappa shape index (κ2) is 3.36. The van der Waals surface area contributed by atoms with Gasteiger partial charge in [0.15, 0.2) is 0 Å². The van der Waals surface area contributed by atoms with Gasteiger partial charge in [-0.25, -0.2) is 13.2 Å². The molecule has 0 aliphatic carbocycles. The molecule has 0 amide bonds. The van der Waals surface area contributed by atoms with Gasteiger partial charge in [-0.15, -0.1) is 0 Å². The van der Waals surface area contributed by atoms with E-state index in [-0.39, 0.29) is 10.5 Å². The molecule has 4 nitrogen and oxygen atoms in total. The predicted molar refractivity (Wildman–Crippen MR) is 55.5 cm³/mol. The van der Waals surface area contributed by atoms with Crippen LogP contribution in [0.5, 0.6) is 0 Å². The second-order valence-electron chi connectivity index (χ2n) is 2.89. The van der Waals surface area contributed by atoms with E-state index in [0.29, 0.717) is 5.39 Å². The van der Waals surface area contributed by atoms with Crippen molar-refractivity contribution in [2.24, 2.45) is 0 Å². The molecule has 1 aromatic heterocycles. The molecule has 0 aliphatic heterocycles. The van der Waals surface area contributed by atoms with Crippen molar-refractivity contribution in [2.75, 3.05) is 0 Å². The first-order valence-corrected chi connectivity index (χ1v) is 6.26. The van der Waals surface area contributed by atoms with Crippen molar-refractivity contribution in [3.05, 3.63) is 40.8 Å². The van der Waals surface area contributed by atoms with Crippen LogP contribution in [0.25, 0.3) is 11.0 Å². The van der Waals surface area contributed by atoms with Gasteiger partial charge >= 0.3 is 5.63 Å². The zero-order valence-electron chi connectivity index (χ0n) is 7.31. The van der Waals surface area contributed by atoms with E-state index in [1.807, 2.05) is 0 Å². The molecule has 0 saturated carbocycles. The highest BCUT2D eigenvalue weighted by atomic mass is 35.7. The Morgan fingerprint density at radius 1 is 1.13 bits per heavy atom. The Hall–Kier alpha value is -1.33. The maximum Gasteiger partial charge on any atom is 0.336 e. The standard InChI is InChI=1S/C9H5ClO4S/c10-15(12,13)7-3-1-6-2-4-9(11)14-8(6)5-7/h1-5H. The molecule has 1 heterocycles. The highest BCUT2D eigenvalue weighted by Crippen LogP contribution is 2.20. The third-order valence-corrected chi connectivity index (χ3v) is 3.23. The Bertz CT molecular complexity index is 672. The van der Waals surface area contributed by atoms with Crippen molar-refractivity contribution in [3.8, 4) is 0 Å². The van der Waals surface area contributed by atoms with Crippen molar-refractivity contribution in [1.82, 2.24) is 0 Å². The van der Waals surface area contributed by atoms with Crippen molar-refractivity contribution in [3.63, 3.8) is 0 Å². The fraction of sp³-hybridized carbons (Fsp3) is 0. The zero-order valence-corrected chi connectivity index (χ0v) is 8.88. The molecule has 0 atom stereocenters. The first-order chi connectivity index (χ1) is 6.97. The van der Waals surface area contributed by atoms with Crippen LogP contribution in [0.1, 0.15) is 0 Å². The Morgan fingerprint density at radius 2 is 1.80 bits per heavy atom. The van der Waals surface area contributed by atoms with Gasteiger partial charge < -0.3 is 4.42 Å². The van der Waals surface area contributed by atoms with Crippen LogP contribution in [0.15, 0.2) is 44.4 Å². The summed E-state index contributed by atoms with van der Waals surface area (Å²) in [5.74, 6) is 0. The monoisotopic (exact) mass is 244 g/mol. The molecule has 15 heavy (non-hydrogen) atoms. The lowest BCUT2D eigenvalue weighted by atomic mass is 10.2. The summed E-state index contributed by atoms with van der Waals surface area (Å²) in [6, 6.07) is 6.90. The lowest BCUT2D eigenvalue weighted by molar-refractivity contribution is 0.559. The molecule has 0 aliphatic rings. The van der Waals surface area contributed by atoms with E-state index in [9.17, 15) is 13.2 Å². The molecule has 1 aromatic carbocycles. The molecule has 0 fully saturated rings. The summed E-state index contributed by atoms with van der Waals surface area (Å²) in [5, 5.41) is 0.638. The van der Waals surface area contributed by atoms with Crippen molar-refractivity contribution in [1.29, 1.82) is 0 Å². The molecular formula is C9H5ClO4S. The van der Waals surface area contributed by atoms with Gasteiger partial charge in [-0.05, 0) is 18.2 Å². The minimum Gasteiger partial charge on any atom is -0.423 e. The van der Waals surface area contributed by atoms with Crippen LogP contribution in [0.3, 0.4) is 0 Å². The van der Waals surface area contributed by atoms with Crippen LogP contribution < -0.4 is 5.63 Å². The van der Waals surface area contributed by atoms with Gasteiger partial charge in [-0.2, -0.15) is 0 Å². The molecule has 6 heteroatoms. The van der Waals surface area contributed by atoms with E-state index in [4.69, 9.17) is 15.1 Å². The smallest absolute Gasteiger partial charge is 0.336 e. The zero-order chi connectivity index (χ0) is 11.1. The lowest BCUT2D eigenvalue weighted by Crippen LogP contribution is -1.96. The first-order valence-electron chi connectivity index (χ1n) is 3.95. The summed E-state index contributed by atoms with van der Waals surface area (Å²) in [4.78, 5) is 10.8.